The van der Waals surface area contributed by atoms with Gasteiger partial charge in [-0.15, -0.1) is 0 Å². The Morgan fingerprint density at radius 3 is 2.65 bits per heavy atom. The second-order valence-electron chi connectivity index (χ2n) is 7.06. The number of hydrogen-bond acceptors (Lipinski definition) is 5. The molecule has 3 aliphatic heterocycles. The minimum atomic E-state index is -3.45. The highest BCUT2D eigenvalue weighted by atomic mass is 32.2. The van der Waals surface area contributed by atoms with Gasteiger partial charge in [-0.1, -0.05) is 6.07 Å². The third-order valence-corrected chi connectivity index (χ3v) is 7.36. The summed E-state index contributed by atoms with van der Waals surface area (Å²) >= 11 is 0. The molecule has 3 aliphatic rings. The molecule has 0 aromatic heterocycles. The maximum atomic E-state index is 12.8. The van der Waals surface area contributed by atoms with E-state index in [-0.39, 0.29) is 31.2 Å². The van der Waals surface area contributed by atoms with Crippen molar-refractivity contribution in [2.24, 2.45) is 0 Å². The molecule has 142 valence electrons. The summed E-state index contributed by atoms with van der Waals surface area (Å²) in [4.78, 5) is 14.7. The third-order valence-electron chi connectivity index (χ3n) is 5.40. The van der Waals surface area contributed by atoms with E-state index in [1.165, 1.54) is 4.31 Å². The highest BCUT2D eigenvalue weighted by Gasteiger charge is 2.48. The van der Waals surface area contributed by atoms with Crippen LogP contribution in [-0.2, 0) is 21.4 Å². The van der Waals surface area contributed by atoms with Crippen LogP contribution in [0.25, 0.3) is 0 Å². The summed E-state index contributed by atoms with van der Waals surface area (Å²) in [6.07, 6.45) is 1.65. The molecule has 0 saturated carbocycles. The van der Waals surface area contributed by atoms with Gasteiger partial charge in [0.2, 0.25) is 12.7 Å². The number of benzene rings is 1. The number of carbonyl (C=O) groups is 1. The van der Waals surface area contributed by atoms with Crippen molar-refractivity contribution in [2.75, 3.05) is 34.0 Å². The summed E-state index contributed by atoms with van der Waals surface area (Å²) in [6.45, 7) is 1.26. The second kappa shape index (κ2) is 6.40. The lowest BCUT2D eigenvalue weighted by molar-refractivity contribution is -0.131. The van der Waals surface area contributed by atoms with E-state index in [0.717, 1.165) is 5.56 Å². The Kier molecular flexibility index (Phi) is 4.32. The van der Waals surface area contributed by atoms with Gasteiger partial charge in [0.15, 0.2) is 11.5 Å². The zero-order chi connectivity index (χ0) is 18.5. The molecule has 1 aromatic carbocycles. The van der Waals surface area contributed by atoms with Crippen LogP contribution in [0.3, 0.4) is 0 Å². The SMILES string of the molecule is CN(C)S(=O)(=O)N1CC[C@H]2[C@@H]1CCN2C(=O)Cc1ccc2c(c1)OCO2. The summed E-state index contributed by atoms with van der Waals surface area (Å²) in [5.74, 6) is 1.39. The largest absolute Gasteiger partial charge is 0.454 e. The first-order chi connectivity index (χ1) is 12.4. The summed E-state index contributed by atoms with van der Waals surface area (Å²) in [5, 5.41) is 0. The summed E-state index contributed by atoms with van der Waals surface area (Å²) in [7, 11) is -0.364. The normalized spacial score (nSPS) is 25.1. The van der Waals surface area contributed by atoms with Crippen LogP contribution in [0.5, 0.6) is 11.5 Å². The molecular weight excluding hydrogens is 358 g/mol. The molecule has 9 heteroatoms. The molecule has 0 spiro atoms. The Hall–Kier alpha value is -1.84. The Morgan fingerprint density at radius 1 is 1.15 bits per heavy atom. The van der Waals surface area contributed by atoms with E-state index in [9.17, 15) is 13.2 Å². The van der Waals surface area contributed by atoms with E-state index >= 15 is 0 Å². The van der Waals surface area contributed by atoms with Crippen molar-refractivity contribution in [3.05, 3.63) is 23.8 Å². The lowest BCUT2D eigenvalue weighted by Gasteiger charge is -2.27. The molecule has 2 saturated heterocycles. The van der Waals surface area contributed by atoms with Crippen LogP contribution in [0, 0.1) is 0 Å². The van der Waals surface area contributed by atoms with Crippen molar-refractivity contribution < 1.29 is 22.7 Å². The smallest absolute Gasteiger partial charge is 0.281 e. The van der Waals surface area contributed by atoms with Gasteiger partial charge in [-0.2, -0.15) is 17.0 Å². The zero-order valence-electron chi connectivity index (χ0n) is 14.9. The topological polar surface area (TPSA) is 79.4 Å². The predicted octanol–water partition coefficient (Wildman–Crippen LogP) is 0.439. The van der Waals surface area contributed by atoms with Crippen LogP contribution in [0.4, 0.5) is 0 Å². The van der Waals surface area contributed by atoms with Gasteiger partial charge in [-0.25, -0.2) is 0 Å². The molecule has 0 radical (unpaired) electrons. The molecular formula is C17H23N3O5S. The highest BCUT2D eigenvalue weighted by Crippen LogP contribution is 2.35. The minimum Gasteiger partial charge on any atom is -0.454 e. The van der Waals surface area contributed by atoms with Crippen LogP contribution in [-0.4, -0.2) is 73.9 Å². The fourth-order valence-electron chi connectivity index (χ4n) is 4.08. The van der Waals surface area contributed by atoms with E-state index in [2.05, 4.69) is 0 Å². The van der Waals surface area contributed by atoms with Crippen molar-refractivity contribution in [2.45, 2.75) is 31.3 Å². The summed E-state index contributed by atoms with van der Waals surface area (Å²) < 4.78 is 38.4. The Labute approximate surface area is 153 Å². The molecule has 1 aromatic rings. The Balaban J connectivity index is 1.46. The monoisotopic (exact) mass is 381 g/mol. The molecule has 3 heterocycles. The fraction of sp³-hybridized carbons (Fsp3) is 0.588. The van der Waals surface area contributed by atoms with Crippen LogP contribution in [0.2, 0.25) is 0 Å². The van der Waals surface area contributed by atoms with E-state index in [4.69, 9.17) is 9.47 Å². The van der Waals surface area contributed by atoms with Gasteiger partial charge >= 0.3 is 0 Å². The number of amides is 1. The average molecular weight is 381 g/mol. The Bertz CT molecular complexity index is 826. The molecule has 1 amide bonds. The second-order valence-corrected chi connectivity index (χ2v) is 9.16. The molecule has 2 fully saturated rings. The number of fused-ring (bicyclic) bond motifs is 2. The van der Waals surface area contributed by atoms with Gasteiger partial charge in [0, 0.05) is 39.3 Å². The zero-order valence-corrected chi connectivity index (χ0v) is 15.7. The molecule has 0 N–H and O–H groups in total. The van der Waals surface area contributed by atoms with Crippen LogP contribution in [0.1, 0.15) is 18.4 Å². The molecule has 8 nitrogen and oxygen atoms in total. The molecule has 0 unspecified atom stereocenters. The number of ether oxygens (including phenoxy) is 2. The van der Waals surface area contributed by atoms with Crippen LogP contribution >= 0.6 is 0 Å². The molecule has 2 atom stereocenters. The minimum absolute atomic E-state index is 0.0282. The van der Waals surface area contributed by atoms with E-state index in [1.807, 2.05) is 23.1 Å². The van der Waals surface area contributed by atoms with Gasteiger partial charge in [-0.05, 0) is 30.5 Å². The quantitative estimate of drug-likeness (QED) is 0.756. The van der Waals surface area contributed by atoms with E-state index in [0.29, 0.717) is 37.4 Å². The van der Waals surface area contributed by atoms with Crippen LogP contribution < -0.4 is 9.47 Å². The first-order valence-corrected chi connectivity index (χ1v) is 10.1. The maximum absolute atomic E-state index is 12.8. The Morgan fingerprint density at radius 2 is 1.88 bits per heavy atom. The van der Waals surface area contributed by atoms with E-state index in [1.54, 1.807) is 18.4 Å². The first-order valence-electron chi connectivity index (χ1n) is 8.75. The highest BCUT2D eigenvalue weighted by molar-refractivity contribution is 7.86. The maximum Gasteiger partial charge on any atom is 0.281 e. The standard InChI is InChI=1S/C17H23N3O5S/c1-18(2)26(22,23)20-8-6-13-14(20)5-7-19(13)17(21)10-12-3-4-15-16(9-12)25-11-24-15/h3-4,9,13-14H,5-8,10-11H2,1-2H3/t13-,14-/m0/s1. The lowest BCUT2D eigenvalue weighted by Crippen LogP contribution is -2.45. The number of likely N-dealkylation sites (tertiary alicyclic amines) is 1. The number of nitrogens with zero attached hydrogens (tertiary/aromatic N) is 3. The van der Waals surface area contributed by atoms with Gasteiger partial charge < -0.3 is 14.4 Å². The van der Waals surface area contributed by atoms with Gasteiger partial charge in [0.25, 0.3) is 10.2 Å². The molecule has 26 heavy (non-hydrogen) atoms. The van der Waals surface area contributed by atoms with Crippen LogP contribution in [0.15, 0.2) is 18.2 Å². The third kappa shape index (κ3) is 2.83. The summed E-state index contributed by atoms with van der Waals surface area (Å²) in [5.41, 5.74) is 0.874. The van der Waals surface area contributed by atoms with Crippen molar-refractivity contribution in [3.8, 4) is 11.5 Å². The van der Waals surface area contributed by atoms with E-state index < -0.39 is 10.2 Å². The van der Waals surface area contributed by atoms with Gasteiger partial charge in [0.1, 0.15) is 0 Å². The number of carbonyl (C=O) groups excluding carboxylic acids is 1. The summed E-state index contributed by atoms with van der Waals surface area (Å²) in [6, 6.07) is 5.37. The van der Waals surface area contributed by atoms with Crippen molar-refractivity contribution in [1.29, 1.82) is 0 Å². The molecule has 0 aliphatic carbocycles. The molecule has 0 bridgehead atoms. The number of rotatable bonds is 4. The van der Waals surface area contributed by atoms with Crippen molar-refractivity contribution in [3.63, 3.8) is 0 Å². The number of hydrogen-bond donors (Lipinski definition) is 0. The predicted molar refractivity (Wildman–Crippen MR) is 94.1 cm³/mol. The van der Waals surface area contributed by atoms with Crippen molar-refractivity contribution >= 4 is 16.1 Å². The van der Waals surface area contributed by atoms with Crippen molar-refractivity contribution in [1.82, 2.24) is 13.5 Å². The van der Waals surface area contributed by atoms with Gasteiger partial charge in [0.05, 0.1) is 6.42 Å². The molecule has 4 rings (SSSR count). The lowest BCUT2D eigenvalue weighted by atomic mass is 10.1. The van der Waals surface area contributed by atoms with Gasteiger partial charge in [-0.3, -0.25) is 4.79 Å². The first kappa shape index (κ1) is 17.6. The fourth-order valence-corrected chi connectivity index (χ4v) is 5.42. The average Bonchev–Trinajstić information content (AvgIpc) is 3.29.